The second-order valence-electron chi connectivity index (χ2n) is 6.42. The second-order valence-corrected chi connectivity index (χ2v) is 8.62. The molecule has 0 aliphatic carbocycles. The van der Waals surface area contributed by atoms with E-state index in [1.807, 2.05) is 22.7 Å². The highest BCUT2D eigenvalue weighted by Gasteiger charge is 2.23. The summed E-state index contributed by atoms with van der Waals surface area (Å²) in [4.78, 5) is 7.70. The number of rotatable bonds is 5. The van der Waals surface area contributed by atoms with Crippen LogP contribution in [0.2, 0.25) is 0 Å². The minimum Gasteiger partial charge on any atom is -0.310 e. The van der Waals surface area contributed by atoms with Crippen LogP contribution in [0.4, 0.5) is 0 Å². The van der Waals surface area contributed by atoms with Crippen LogP contribution in [-0.2, 0) is 18.4 Å². The lowest BCUT2D eigenvalue weighted by molar-refractivity contribution is 0.545. The number of nitrogens with one attached hydrogen (secondary N) is 1. The molecule has 0 saturated heterocycles. The van der Waals surface area contributed by atoms with Crippen molar-refractivity contribution in [2.75, 3.05) is 0 Å². The zero-order chi connectivity index (χ0) is 14.8. The van der Waals surface area contributed by atoms with Crippen LogP contribution in [0.3, 0.4) is 0 Å². The summed E-state index contributed by atoms with van der Waals surface area (Å²) in [6, 6.07) is 4.81. The maximum Gasteiger partial charge on any atom is 0.0983 e. The maximum absolute atomic E-state index is 4.92. The molecule has 0 fully saturated rings. The van der Waals surface area contributed by atoms with Gasteiger partial charge in [-0.3, -0.25) is 0 Å². The molecule has 4 heteroatoms. The molecule has 0 aliphatic rings. The molecular formula is C16H24N2S2. The highest BCUT2D eigenvalue weighted by Crippen LogP contribution is 2.31. The molecule has 0 bridgehead atoms. The minimum atomic E-state index is 0.109. The number of nitrogens with zero attached hydrogens (tertiary/aromatic N) is 1. The lowest BCUT2D eigenvalue weighted by Gasteiger charge is -2.18. The Morgan fingerprint density at radius 3 is 2.60 bits per heavy atom. The van der Waals surface area contributed by atoms with Gasteiger partial charge in [-0.05, 0) is 11.4 Å². The minimum absolute atomic E-state index is 0.109. The Morgan fingerprint density at radius 1 is 1.30 bits per heavy atom. The largest absolute Gasteiger partial charge is 0.310 e. The van der Waals surface area contributed by atoms with E-state index in [9.17, 15) is 0 Å². The molecule has 0 aromatic carbocycles. The van der Waals surface area contributed by atoms with Gasteiger partial charge in [0.05, 0.1) is 10.7 Å². The summed E-state index contributed by atoms with van der Waals surface area (Å²) in [5.74, 6) is 0. The van der Waals surface area contributed by atoms with Crippen molar-refractivity contribution in [3.8, 4) is 0 Å². The Bertz CT molecular complexity index is 533. The van der Waals surface area contributed by atoms with Crippen molar-refractivity contribution in [3.63, 3.8) is 0 Å². The van der Waals surface area contributed by atoms with Gasteiger partial charge in [0.15, 0.2) is 0 Å². The highest BCUT2D eigenvalue weighted by molar-refractivity contribution is 7.12. The average Bonchev–Trinajstić information content (AvgIpc) is 2.95. The summed E-state index contributed by atoms with van der Waals surface area (Å²) in [6.07, 6.45) is 0.965. The molecule has 110 valence electrons. The van der Waals surface area contributed by atoms with Gasteiger partial charge in [-0.15, -0.1) is 22.7 Å². The van der Waals surface area contributed by atoms with Crippen molar-refractivity contribution >= 4 is 22.7 Å². The molecule has 0 spiro atoms. The predicted molar refractivity (Wildman–Crippen MR) is 89.9 cm³/mol. The molecule has 0 radical (unpaired) electrons. The second kappa shape index (κ2) is 6.37. The zero-order valence-electron chi connectivity index (χ0n) is 13.0. The number of hydrogen-bond donors (Lipinski definition) is 1. The first-order valence-corrected chi connectivity index (χ1v) is 8.80. The quantitative estimate of drug-likeness (QED) is 0.874. The van der Waals surface area contributed by atoms with Crippen LogP contribution in [0.25, 0.3) is 0 Å². The monoisotopic (exact) mass is 308 g/mol. The fourth-order valence-electron chi connectivity index (χ4n) is 2.04. The Balaban J connectivity index is 2.22. The van der Waals surface area contributed by atoms with E-state index in [0.717, 1.165) is 13.0 Å². The Kier molecular flexibility index (Phi) is 4.99. The molecule has 1 N–H and O–H groups in total. The summed E-state index contributed by atoms with van der Waals surface area (Å²) < 4.78 is 0. The van der Waals surface area contributed by atoms with Crippen LogP contribution < -0.4 is 5.32 Å². The summed E-state index contributed by atoms with van der Waals surface area (Å²) in [7, 11) is 0. The van der Waals surface area contributed by atoms with Gasteiger partial charge in [-0.25, -0.2) is 4.98 Å². The normalized spacial score (nSPS) is 12.3. The van der Waals surface area contributed by atoms with Gasteiger partial charge < -0.3 is 5.32 Å². The van der Waals surface area contributed by atoms with E-state index < -0.39 is 0 Å². The molecule has 20 heavy (non-hydrogen) atoms. The standard InChI is InChI=1S/C16H24N2S2/c1-11(2)17-10-13-15(16(3,4)5)18-14(20-13)9-12-7-6-8-19-12/h6-8,11,17H,9-10H2,1-5H3. The van der Waals surface area contributed by atoms with Crippen LogP contribution in [0.15, 0.2) is 17.5 Å². The van der Waals surface area contributed by atoms with E-state index in [0.29, 0.717) is 6.04 Å². The molecule has 0 atom stereocenters. The summed E-state index contributed by atoms with van der Waals surface area (Å²) in [6.45, 7) is 12.0. The van der Waals surface area contributed by atoms with Gasteiger partial charge in [0.25, 0.3) is 0 Å². The van der Waals surface area contributed by atoms with Crippen LogP contribution in [-0.4, -0.2) is 11.0 Å². The van der Waals surface area contributed by atoms with Crippen molar-refractivity contribution in [1.82, 2.24) is 10.3 Å². The first-order valence-electron chi connectivity index (χ1n) is 7.11. The summed E-state index contributed by atoms with van der Waals surface area (Å²) >= 11 is 3.67. The molecule has 2 heterocycles. The Morgan fingerprint density at radius 2 is 2.05 bits per heavy atom. The number of thiophene rings is 1. The van der Waals surface area contributed by atoms with Crippen LogP contribution in [0.1, 0.15) is 55.1 Å². The number of aromatic nitrogens is 1. The maximum atomic E-state index is 4.92. The lowest BCUT2D eigenvalue weighted by Crippen LogP contribution is -2.23. The van der Waals surface area contributed by atoms with Crippen molar-refractivity contribution < 1.29 is 0 Å². The summed E-state index contributed by atoms with van der Waals surface area (Å²) in [5, 5.41) is 6.89. The molecule has 0 amide bonds. The van der Waals surface area contributed by atoms with E-state index in [1.54, 1.807) is 0 Å². The van der Waals surface area contributed by atoms with Crippen LogP contribution in [0.5, 0.6) is 0 Å². The van der Waals surface area contributed by atoms with E-state index in [-0.39, 0.29) is 5.41 Å². The fourth-order valence-corrected chi connectivity index (χ4v) is 4.09. The lowest BCUT2D eigenvalue weighted by atomic mass is 9.91. The zero-order valence-corrected chi connectivity index (χ0v) is 14.6. The fraction of sp³-hybridized carbons (Fsp3) is 0.562. The number of thiazole rings is 1. The van der Waals surface area contributed by atoms with Crippen molar-refractivity contribution in [1.29, 1.82) is 0 Å². The molecule has 2 aromatic rings. The van der Waals surface area contributed by atoms with Gasteiger partial charge >= 0.3 is 0 Å². The highest BCUT2D eigenvalue weighted by atomic mass is 32.1. The summed E-state index contributed by atoms with van der Waals surface area (Å²) in [5.41, 5.74) is 1.36. The average molecular weight is 309 g/mol. The molecular weight excluding hydrogens is 284 g/mol. The van der Waals surface area contributed by atoms with Crippen molar-refractivity contribution in [3.05, 3.63) is 38.0 Å². The Labute approximate surface area is 130 Å². The third kappa shape index (κ3) is 4.14. The molecule has 0 aliphatic heterocycles. The third-order valence-corrected chi connectivity index (χ3v) is 4.96. The van der Waals surface area contributed by atoms with E-state index >= 15 is 0 Å². The third-order valence-electron chi connectivity index (χ3n) is 3.03. The van der Waals surface area contributed by atoms with Gasteiger partial charge in [0, 0.05) is 34.2 Å². The van der Waals surface area contributed by atoms with E-state index in [1.165, 1.54) is 20.5 Å². The van der Waals surface area contributed by atoms with E-state index in [2.05, 4.69) is 57.4 Å². The molecule has 0 saturated carbocycles. The predicted octanol–water partition coefficient (Wildman–Crippen LogP) is 4.59. The molecule has 2 rings (SSSR count). The van der Waals surface area contributed by atoms with Crippen molar-refractivity contribution in [2.24, 2.45) is 0 Å². The SMILES string of the molecule is CC(C)NCc1sc(Cc2cccs2)nc1C(C)(C)C. The van der Waals surface area contributed by atoms with Gasteiger partial charge in [-0.1, -0.05) is 40.7 Å². The van der Waals surface area contributed by atoms with Crippen LogP contribution in [0, 0.1) is 0 Å². The number of hydrogen-bond acceptors (Lipinski definition) is 4. The molecule has 2 aromatic heterocycles. The first kappa shape index (κ1) is 15.7. The molecule has 2 nitrogen and oxygen atoms in total. The molecule has 0 unspecified atom stereocenters. The topological polar surface area (TPSA) is 24.9 Å². The van der Waals surface area contributed by atoms with Gasteiger partial charge in [0.1, 0.15) is 0 Å². The smallest absolute Gasteiger partial charge is 0.0983 e. The first-order chi connectivity index (χ1) is 9.36. The Hall–Kier alpha value is -0.710. The van der Waals surface area contributed by atoms with Crippen LogP contribution >= 0.6 is 22.7 Å². The van der Waals surface area contributed by atoms with Gasteiger partial charge in [0.2, 0.25) is 0 Å². The van der Waals surface area contributed by atoms with Crippen molar-refractivity contribution in [2.45, 2.75) is 59.0 Å². The van der Waals surface area contributed by atoms with Gasteiger partial charge in [-0.2, -0.15) is 0 Å². The van der Waals surface area contributed by atoms with E-state index in [4.69, 9.17) is 4.98 Å².